The SMILES string of the molecule is COC[C@@H](C)Nc1cc(F)ccc1C(O)C(=O)c1ccccc1. The van der Waals surface area contributed by atoms with E-state index in [-0.39, 0.29) is 6.04 Å². The molecule has 122 valence electrons. The molecule has 2 N–H and O–H groups in total. The molecular formula is C18H20FNO3. The van der Waals surface area contributed by atoms with Crippen molar-refractivity contribution in [3.05, 3.63) is 65.5 Å². The van der Waals surface area contributed by atoms with E-state index in [1.807, 2.05) is 6.92 Å². The molecule has 0 aromatic heterocycles. The molecule has 0 saturated heterocycles. The number of aliphatic hydroxyl groups excluding tert-OH is 1. The fraction of sp³-hybridized carbons (Fsp3) is 0.278. The van der Waals surface area contributed by atoms with E-state index >= 15 is 0 Å². The molecule has 0 saturated carbocycles. The van der Waals surface area contributed by atoms with Crippen molar-refractivity contribution in [1.82, 2.24) is 0 Å². The van der Waals surface area contributed by atoms with Gasteiger partial charge in [0.2, 0.25) is 0 Å². The summed E-state index contributed by atoms with van der Waals surface area (Å²) in [5.41, 5.74) is 1.12. The van der Waals surface area contributed by atoms with Gasteiger partial charge in [-0.2, -0.15) is 0 Å². The Hall–Kier alpha value is -2.24. The number of benzene rings is 2. The lowest BCUT2D eigenvalue weighted by Crippen LogP contribution is -2.23. The number of hydrogen-bond acceptors (Lipinski definition) is 4. The monoisotopic (exact) mass is 317 g/mol. The van der Waals surface area contributed by atoms with Crippen LogP contribution in [0, 0.1) is 5.82 Å². The molecule has 1 unspecified atom stereocenters. The smallest absolute Gasteiger partial charge is 0.195 e. The molecule has 2 rings (SSSR count). The Morgan fingerprint density at radius 3 is 2.61 bits per heavy atom. The van der Waals surface area contributed by atoms with Crippen molar-refractivity contribution in [2.24, 2.45) is 0 Å². The molecule has 0 heterocycles. The van der Waals surface area contributed by atoms with Gasteiger partial charge in [0.25, 0.3) is 0 Å². The van der Waals surface area contributed by atoms with E-state index in [0.29, 0.717) is 23.4 Å². The molecule has 2 aromatic carbocycles. The summed E-state index contributed by atoms with van der Waals surface area (Å²) >= 11 is 0. The molecule has 0 fully saturated rings. The Morgan fingerprint density at radius 2 is 1.96 bits per heavy atom. The van der Waals surface area contributed by atoms with E-state index in [4.69, 9.17) is 4.74 Å². The van der Waals surface area contributed by atoms with Crippen molar-refractivity contribution in [2.45, 2.75) is 19.1 Å². The van der Waals surface area contributed by atoms with Crippen molar-refractivity contribution in [1.29, 1.82) is 0 Å². The third-order valence-electron chi connectivity index (χ3n) is 3.44. The average molecular weight is 317 g/mol. The molecule has 0 aliphatic rings. The van der Waals surface area contributed by atoms with Crippen molar-refractivity contribution in [2.75, 3.05) is 19.0 Å². The zero-order chi connectivity index (χ0) is 16.8. The second kappa shape index (κ2) is 7.85. The van der Waals surface area contributed by atoms with Crippen LogP contribution in [0.3, 0.4) is 0 Å². The van der Waals surface area contributed by atoms with Gasteiger partial charge in [-0.3, -0.25) is 4.79 Å². The van der Waals surface area contributed by atoms with Crippen LogP contribution in [-0.4, -0.2) is 30.6 Å². The van der Waals surface area contributed by atoms with Crippen molar-refractivity contribution >= 4 is 11.5 Å². The fourth-order valence-electron chi connectivity index (χ4n) is 2.35. The van der Waals surface area contributed by atoms with Crippen LogP contribution < -0.4 is 5.32 Å². The number of aliphatic hydroxyl groups is 1. The first-order valence-electron chi connectivity index (χ1n) is 7.35. The molecule has 0 bridgehead atoms. The number of ether oxygens (including phenoxy) is 1. The first-order chi connectivity index (χ1) is 11.0. The summed E-state index contributed by atoms with van der Waals surface area (Å²) in [6.45, 7) is 2.28. The van der Waals surface area contributed by atoms with Gasteiger partial charge in [0.1, 0.15) is 11.9 Å². The molecule has 0 radical (unpaired) electrons. The lowest BCUT2D eigenvalue weighted by molar-refractivity contribution is 0.0748. The number of hydrogen-bond donors (Lipinski definition) is 2. The molecule has 0 aliphatic heterocycles. The zero-order valence-electron chi connectivity index (χ0n) is 13.1. The summed E-state index contributed by atoms with van der Waals surface area (Å²) in [4.78, 5) is 12.4. The maximum absolute atomic E-state index is 13.5. The van der Waals surface area contributed by atoms with Gasteiger partial charge < -0.3 is 15.2 Å². The second-order valence-electron chi connectivity index (χ2n) is 5.37. The van der Waals surface area contributed by atoms with Crippen molar-refractivity contribution < 1.29 is 19.0 Å². The normalized spacial score (nSPS) is 13.4. The third kappa shape index (κ3) is 4.37. The molecule has 2 atom stereocenters. The summed E-state index contributed by atoms with van der Waals surface area (Å²) in [5, 5.41) is 13.5. The van der Waals surface area contributed by atoms with E-state index in [1.54, 1.807) is 37.4 Å². The lowest BCUT2D eigenvalue weighted by Gasteiger charge is -2.20. The molecule has 5 heteroatoms. The average Bonchev–Trinajstić information content (AvgIpc) is 2.55. The molecular weight excluding hydrogens is 297 g/mol. The molecule has 0 aliphatic carbocycles. The molecule has 0 spiro atoms. The highest BCUT2D eigenvalue weighted by atomic mass is 19.1. The Bertz CT molecular complexity index is 661. The van der Waals surface area contributed by atoms with Gasteiger partial charge in [0.15, 0.2) is 5.78 Å². The highest BCUT2D eigenvalue weighted by molar-refractivity contribution is 6.00. The topological polar surface area (TPSA) is 58.6 Å². The summed E-state index contributed by atoms with van der Waals surface area (Å²) in [6.07, 6.45) is -1.37. The van der Waals surface area contributed by atoms with Gasteiger partial charge in [0, 0.05) is 30.0 Å². The van der Waals surface area contributed by atoms with Gasteiger partial charge in [-0.15, -0.1) is 0 Å². The van der Waals surface area contributed by atoms with Gasteiger partial charge in [-0.1, -0.05) is 36.4 Å². The van der Waals surface area contributed by atoms with Crippen LogP contribution in [0.15, 0.2) is 48.5 Å². The molecule has 0 amide bonds. The summed E-state index contributed by atoms with van der Waals surface area (Å²) in [7, 11) is 1.57. The number of carbonyl (C=O) groups excluding carboxylic acids is 1. The van der Waals surface area contributed by atoms with Crippen LogP contribution in [0.25, 0.3) is 0 Å². The minimum Gasteiger partial charge on any atom is -0.383 e. The van der Waals surface area contributed by atoms with Gasteiger partial charge in [-0.05, 0) is 19.1 Å². The fourth-order valence-corrected chi connectivity index (χ4v) is 2.35. The van der Waals surface area contributed by atoms with E-state index in [1.165, 1.54) is 18.2 Å². The first kappa shape index (κ1) is 17.1. The second-order valence-corrected chi connectivity index (χ2v) is 5.37. The Kier molecular flexibility index (Phi) is 5.84. The summed E-state index contributed by atoms with van der Waals surface area (Å²) < 4.78 is 18.6. The number of methoxy groups -OCH3 is 1. The number of nitrogens with one attached hydrogen (secondary N) is 1. The first-order valence-corrected chi connectivity index (χ1v) is 7.35. The minimum absolute atomic E-state index is 0.0976. The standard InChI is InChI=1S/C18H20FNO3/c1-12(11-23-2)20-16-10-14(19)8-9-15(16)18(22)17(21)13-6-4-3-5-7-13/h3-10,12,18,20,22H,11H2,1-2H3/t12-,18?/m1/s1. The minimum atomic E-state index is -1.37. The predicted molar refractivity (Wildman–Crippen MR) is 87.1 cm³/mol. The zero-order valence-corrected chi connectivity index (χ0v) is 13.1. The number of anilines is 1. The largest absolute Gasteiger partial charge is 0.383 e. The lowest BCUT2D eigenvalue weighted by atomic mass is 9.98. The van der Waals surface area contributed by atoms with Crippen molar-refractivity contribution in [3.63, 3.8) is 0 Å². The highest BCUT2D eigenvalue weighted by Gasteiger charge is 2.22. The third-order valence-corrected chi connectivity index (χ3v) is 3.44. The van der Waals surface area contributed by atoms with Crippen LogP contribution in [0.5, 0.6) is 0 Å². The van der Waals surface area contributed by atoms with Crippen LogP contribution >= 0.6 is 0 Å². The summed E-state index contributed by atoms with van der Waals surface area (Å²) in [5.74, 6) is -0.875. The van der Waals surface area contributed by atoms with Gasteiger partial charge in [0.05, 0.1) is 6.61 Å². The number of ketones is 1. The Balaban J connectivity index is 2.29. The Labute approximate surface area is 134 Å². The van der Waals surface area contributed by atoms with E-state index in [0.717, 1.165) is 0 Å². The van der Waals surface area contributed by atoms with Crippen LogP contribution in [-0.2, 0) is 4.74 Å². The van der Waals surface area contributed by atoms with Crippen LogP contribution in [0.1, 0.15) is 28.9 Å². The summed E-state index contributed by atoms with van der Waals surface area (Å²) in [6, 6.07) is 12.3. The number of carbonyl (C=O) groups is 1. The molecule has 2 aromatic rings. The molecule has 4 nitrogen and oxygen atoms in total. The van der Waals surface area contributed by atoms with Crippen LogP contribution in [0.4, 0.5) is 10.1 Å². The van der Waals surface area contributed by atoms with E-state index in [2.05, 4.69) is 5.32 Å². The quantitative estimate of drug-likeness (QED) is 0.770. The maximum Gasteiger partial charge on any atom is 0.195 e. The van der Waals surface area contributed by atoms with Crippen LogP contribution in [0.2, 0.25) is 0 Å². The van der Waals surface area contributed by atoms with Gasteiger partial charge >= 0.3 is 0 Å². The van der Waals surface area contributed by atoms with E-state index in [9.17, 15) is 14.3 Å². The number of rotatable bonds is 7. The highest BCUT2D eigenvalue weighted by Crippen LogP contribution is 2.27. The predicted octanol–water partition coefficient (Wildman–Crippen LogP) is 3.19. The number of Topliss-reactive ketones (excluding diaryl/α,β-unsaturated/α-hetero) is 1. The van der Waals surface area contributed by atoms with Crippen molar-refractivity contribution in [3.8, 4) is 0 Å². The Morgan fingerprint density at radius 1 is 1.26 bits per heavy atom. The maximum atomic E-state index is 13.5. The molecule has 23 heavy (non-hydrogen) atoms. The van der Waals surface area contributed by atoms with E-state index < -0.39 is 17.7 Å². The van der Waals surface area contributed by atoms with Gasteiger partial charge in [-0.25, -0.2) is 4.39 Å². The number of halogens is 1.